The van der Waals surface area contributed by atoms with Gasteiger partial charge in [-0.15, -0.1) is 0 Å². The Balaban J connectivity index is 2.09. The molecule has 0 saturated carbocycles. The molecule has 1 amide bonds. The highest BCUT2D eigenvalue weighted by atomic mass is 16.5. The Hall–Kier alpha value is -3.35. The lowest BCUT2D eigenvalue weighted by atomic mass is 10.1. The first-order valence-electron chi connectivity index (χ1n) is 8.76. The van der Waals surface area contributed by atoms with Crippen LogP contribution in [-0.4, -0.2) is 24.3 Å². The summed E-state index contributed by atoms with van der Waals surface area (Å²) in [6.07, 6.45) is 1.97. The van der Waals surface area contributed by atoms with Crippen molar-refractivity contribution < 1.29 is 18.7 Å². The van der Waals surface area contributed by atoms with Crippen LogP contribution < -0.4 is 10.6 Å². The molecule has 3 rings (SSSR count). The van der Waals surface area contributed by atoms with E-state index in [0.717, 1.165) is 5.69 Å². The Morgan fingerprint density at radius 3 is 2.67 bits per heavy atom. The molecule has 7 heteroatoms. The van der Waals surface area contributed by atoms with Crippen LogP contribution in [0.1, 0.15) is 36.4 Å². The van der Waals surface area contributed by atoms with Crippen molar-refractivity contribution in [1.82, 2.24) is 5.32 Å². The van der Waals surface area contributed by atoms with Gasteiger partial charge in [0.25, 0.3) is 5.91 Å². The number of hydrogen-bond acceptors (Lipinski definition) is 6. The Bertz CT molecular complexity index is 940. The highest BCUT2D eigenvalue weighted by molar-refractivity contribution is 6.25. The number of aryl methyl sites for hydroxylation is 1. The summed E-state index contributed by atoms with van der Waals surface area (Å²) in [5.74, 6) is -0.319. The van der Waals surface area contributed by atoms with Crippen LogP contribution >= 0.6 is 0 Å². The first-order valence-corrected chi connectivity index (χ1v) is 8.76. The molecule has 0 atom stereocenters. The molecule has 1 aliphatic heterocycles. The number of amides is 1. The zero-order valence-corrected chi connectivity index (χ0v) is 15.5. The third-order valence-electron chi connectivity index (χ3n) is 4.13. The average Bonchev–Trinajstić information content (AvgIpc) is 3.01. The van der Waals surface area contributed by atoms with Crippen LogP contribution in [0.15, 0.2) is 57.3 Å². The van der Waals surface area contributed by atoms with E-state index >= 15 is 0 Å². The SMILES string of the molecule is CCOC(=O)C1=C(CC)Nc2ccccc2N=C1NC(=O)c1ccoc1C. The molecule has 0 radical (unpaired) electrons. The van der Waals surface area contributed by atoms with Crippen LogP contribution in [0.5, 0.6) is 0 Å². The van der Waals surface area contributed by atoms with Crippen LogP contribution in [0.3, 0.4) is 0 Å². The van der Waals surface area contributed by atoms with Gasteiger partial charge in [0.2, 0.25) is 0 Å². The third-order valence-corrected chi connectivity index (χ3v) is 4.13. The van der Waals surface area contributed by atoms with Gasteiger partial charge < -0.3 is 19.8 Å². The van der Waals surface area contributed by atoms with E-state index < -0.39 is 11.9 Å². The summed E-state index contributed by atoms with van der Waals surface area (Å²) in [5, 5.41) is 5.99. The van der Waals surface area contributed by atoms with Crippen molar-refractivity contribution in [2.24, 2.45) is 4.99 Å². The van der Waals surface area contributed by atoms with Gasteiger partial charge in [-0.05, 0) is 38.5 Å². The normalized spacial score (nSPS) is 13.2. The van der Waals surface area contributed by atoms with Gasteiger partial charge >= 0.3 is 5.97 Å². The summed E-state index contributed by atoms with van der Waals surface area (Å²) in [6, 6.07) is 8.95. The summed E-state index contributed by atoms with van der Waals surface area (Å²) >= 11 is 0. The zero-order valence-electron chi connectivity index (χ0n) is 15.5. The minimum Gasteiger partial charge on any atom is -0.469 e. The Morgan fingerprint density at radius 1 is 1.22 bits per heavy atom. The van der Waals surface area contributed by atoms with Gasteiger partial charge in [0.05, 0.1) is 29.8 Å². The molecule has 1 aromatic carbocycles. The maximum Gasteiger partial charge on any atom is 0.343 e. The monoisotopic (exact) mass is 367 g/mol. The molecule has 140 valence electrons. The maximum absolute atomic E-state index is 12.7. The number of ether oxygens (including phenoxy) is 1. The number of hydrogen-bond donors (Lipinski definition) is 2. The summed E-state index contributed by atoms with van der Waals surface area (Å²) in [5.41, 5.74) is 2.58. The number of carbonyl (C=O) groups is 2. The van der Waals surface area contributed by atoms with Crippen LogP contribution in [0.2, 0.25) is 0 Å². The molecule has 0 saturated heterocycles. The molecular formula is C20H21N3O4. The molecule has 0 unspecified atom stereocenters. The summed E-state index contributed by atoms with van der Waals surface area (Å²) < 4.78 is 10.4. The molecule has 0 fully saturated rings. The van der Waals surface area contributed by atoms with Crippen LogP contribution in [0, 0.1) is 6.92 Å². The minimum atomic E-state index is -0.544. The van der Waals surface area contributed by atoms with E-state index in [1.165, 1.54) is 6.26 Å². The van der Waals surface area contributed by atoms with Gasteiger partial charge in [-0.3, -0.25) is 4.79 Å². The van der Waals surface area contributed by atoms with Gasteiger partial charge in [-0.25, -0.2) is 9.79 Å². The number of fused-ring (bicyclic) bond motifs is 1. The van der Waals surface area contributed by atoms with E-state index in [4.69, 9.17) is 9.15 Å². The highest BCUT2D eigenvalue weighted by Gasteiger charge is 2.27. The van der Waals surface area contributed by atoms with Crippen molar-refractivity contribution >= 4 is 29.1 Å². The summed E-state index contributed by atoms with van der Waals surface area (Å²) in [4.78, 5) is 29.9. The smallest absolute Gasteiger partial charge is 0.343 e. The predicted octanol–water partition coefficient (Wildman–Crippen LogP) is 3.70. The third kappa shape index (κ3) is 3.76. The largest absolute Gasteiger partial charge is 0.469 e. The fraction of sp³-hybridized carbons (Fsp3) is 0.250. The molecule has 2 aromatic rings. The number of furan rings is 1. The van der Waals surface area contributed by atoms with Crippen molar-refractivity contribution in [3.63, 3.8) is 0 Å². The predicted molar refractivity (Wildman–Crippen MR) is 102 cm³/mol. The number of anilines is 1. The minimum absolute atomic E-state index is 0.147. The van der Waals surface area contributed by atoms with Crippen LogP contribution in [0.25, 0.3) is 0 Å². The number of para-hydroxylation sites is 2. The second-order valence-electron chi connectivity index (χ2n) is 5.87. The second-order valence-corrected chi connectivity index (χ2v) is 5.87. The van der Waals surface area contributed by atoms with Crippen LogP contribution in [0.4, 0.5) is 11.4 Å². The molecule has 0 aliphatic carbocycles. The number of nitrogens with zero attached hydrogens (tertiary/aromatic N) is 1. The number of rotatable bonds is 4. The number of esters is 1. The topological polar surface area (TPSA) is 92.9 Å². The first kappa shape index (κ1) is 18.4. The fourth-order valence-electron chi connectivity index (χ4n) is 2.80. The molecule has 0 bridgehead atoms. The number of aliphatic imine (C=N–C) groups is 1. The van der Waals surface area contributed by atoms with Gasteiger partial charge in [-0.1, -0.05) is 19.1 Å². The highest BCUT2D eigenvalue weighted by Crippen LogP contribution is 2.31. The first-order chi connectivity index (χ1) is 13.0. The van der Waals surface area contributed by atoms with E-state index in [1.54, 1.807) is 26.0 Å². The summed E-state index contributed by atoms with van der Waals surface area (Å²) in [7, 11) is 0. The van der Waals surface area contributed by atoms with Crippen molar-refractivity contribution in [2.75, 3.05) is 11.9 Å². The van der Waals surface area contributed by atoms with Crippen LogP contribution in [-0.2, 0) is 9.53 Å². The van der Waals surface area contributed by atoms with E-state index in [0.29, 0.717) is 29.1 Å². The van der Waals surface area contributed by atoms with E-state index in [2.05, 4.69) is 15.6 Å². The van der Waals surface area contributed by atoms with E-state index in [1.807, 2.05) is 25.1 Å². The molecule has 7 nitrogen and oxygen atoms in total. The number of carbonyl (C=O) groups excluding carboxylic acids is 2. The van der Waals surface area contributed by atoms with Gasteiger partial charge in [0.15, 0.2) is 0 Å². The lowest BCUT2D eigenvalue weighted by molar-refractivity contribution is -0.137. The number of allylic oxidation sites excluding steroid dienone is 1. The van der Waals surface area contributed by atoms with Gasteiger partial charge in [0.1, 0.15) is 17.2 Å². The second kappa shape index (κ2) is 7.90. The van der Waals surface area contributed by atoms with Gasteiger partial charge in [-0.2, -0.15) is 0 Å². The van der Waals surface area contributed by atoms with Crippen molar-refractivity contribution in [2.45, 2.75) is 27.2 Å². The number of nitrogens with one attached hydrogen (secondary N) is 2. The molecule has 1 aromatic heterocycles. The molecular weight excluding hydrogens is 346 g/mol. The Labute approximate surface area is 157 Å². The lowest BCUT2D eigenvalue weighted by Crippen LogP contribution is -2.35. The fourth-order valence-corrected chi connectivity index (χ4v) is 2.80. The van der Waals surface area contributed by atoms with E-state index in [-0.39, 0.29) is 18.0 Å². The Kier molecular flexibility index (Phi) is 5.40. The Morgan fingerprint density at radius 2 is 2.00 bits per heavy atom. The molecule has 27 heavy (non-hydrogen) atoms. The van der Waals surface area contributed by atoms with Crippen molar-refractivity contribution in [3.05, 3.63) is 59.2 Å². The van der Waals surface area contributed by atoms with Crippen molar-refractivity contribution in [3.8, 4) is 0 Å². The molecule has 1 aliphatic rings. The quantitative estimate of drug-likeness (QED) is 0.804. The van der Waals surface area contributed by atoms with Gasteiger partial charge in [0, 0.05) is 5.70 Å². The van der Waals surface area contributed by atoms with Crippen molar-refractivity contribution in [1.29, 1.82) is 0 Å². The standard InChI is InChI=1S/C20H21N3O4/c1-4-14-17(20(25)26-5-2)18(22-16-9-7-6-8-15(16)21-14)23-19(24)13-10-11-27-12(13)3/h6-11,21H,4-5H2,1-3H3,(H,22,23,24). The zero-order chi connectivity index (χ0) is 19.4. The average molecular weight is 367 g/mol. The number of amidine groups is 1. The van der Waals surface area contributed by atoms with E-state index in [9.17, 15) is 9.59 Å². The maximum atomic E-state index is 12.7. The molecule has 2 N–H and O–H groups in total. The molecule has 0 spiro atoms. The molecule has 2 heterocycles. The summed E-state index contributed by atoms with van der Waals surface area (Å²) in [6.45, 7) is 5.55. The number of benzene rings is 1. The lowest BCUT2D eigenvalue weighted by Gasteiger charge is -2.14.